The fraction of sp³-hybridized carbons (Fsp3) is 0.786. The summed E-state index contributed by atoms with van der Waals surface area (Å²) in [5, 5.41) is 17.3. The maximum absolute atomic E-state index is 12.6. The van der Waals surface area contributed by atoms with Crippen LogP contribution in [0.25, 0.3) is 0 Å². The highest BCUT2D eigenvalue weighted by Crippen LogP contribution is 2.37. The SMILES string of the molecule is CCCNP(=O)(NCCBr)OCCCCSCc1cnc([N+](=O)[O-])n1C. The highest BCUT2D eigenvalue weighted by molar-refractivity contribution is 9.09. The molecule has 0 aliphatic rings. The molecule has 1 aromatic rings. The van der Waals surface area contributed by atoms with Gasteiger partial charge in [0.05, 0.1) is 19.4 Å². The zero-order valence-electron chi connectivity index (χ0n) is 15.1. The normalized spacial score (nSPS) is 13.7. The fourth-order valence-corrected chi connectivity index (χ4v) is 5.15. The quantitative estimate of drug-likeness (QED) is 0.131. The molecule has 0 spiro atoms. The average molecular weight is 472 g/mol. The van der Waals surface area contributed by atoms with E-state index in [1.807, 2.05) is 6.92 Å². The van der Waals surface area contributed by atoms with E-state index in [1.165, 1.54) is 4.57 Å². The second-order valence-corrected chi connectivity index (χ2v) is 9.41. The van der Waals surface area contributed by atoms with Gasteiger partial charge in [-0.05, 0) is 29.9 Å². The summed E-state index contributed by atoms with van der Waals surface area (Å²) in [6.07, 6.45) is 4.13. The summed E-state index contributed by atoms with van der Waals surface area (Å²) in [4.78, 5) is 14.1. The minimum absolute atomic E-state index is 0.139. The van der Waals surface area contributed by atoms with Crippen molar-refractivity contribution in [3.63, 3.8) is 0 Å². The molecule has 0 aromatic carbocycles. The Kier molecular flexibility index (Phi) is 11.7. The Hall–Kier alpha value is -0.450. The predicted molar refractivity (Wildman–Crippen MR) is 109 cm³/mol. The number of nitrogens with zero attached hydrogens (tertiary/aromatic N) is 3. The number of hydrogen-bond donors (Lipinski definition) is 2. The molecule has 1 heterocycles. The standard InChI is InChI=1S/C14H27BrN5O4PS/c1-3-7-17-25(23,18-8-6-15)24-9-4-5-10-26-12-13-11-16-14(19(13)2)20(21)22/h11H,3-10,12H2,1-2H3,(H2,17,18,23). The Labute approximate surface area is 166 Å². The monoisotopic (exact) mass is 471 g/mol. The Balaban J connectivity index is 2.23. The molecule has 0 aliphatic heterocycles. The van der Waals surface area contributed by atoms with E-state index in [0.717, 1.165) is 30.7 Å². The van der Waals surface area contributed by atoms with Gasteiger partial charge >= 0.3 is 13.6 Å². The molecule has 0 amide bonds. The fourth-order valence-electron chi connectivity index (χ4n) is 2.01. The van der Waals surface area contributed by atoms with Crippen LogP contribution in [0.5, 0.6) is 0 Å². The molecule has 0 aliphatic carbocycles. The van der Waals surface area contributed by atoms with E-state index in [1.54, 1.807) is 25.0 Å². The molecule has 12 heteroatoms. The third kappa shape index (κ3) is 8.49. The predicted octanol–water partition coefficient (Wildman–Crippen LogP) is 3.45. The first-order chi connectivity index (χ1) is 12.4. The molecule has 26 heavy (non-hydrogen) atoms. The Morgan fingerprint density at radius 3 is 2.77 bits per heavy atom. The first-order valence-corrected chi connectivity index (χ1v) is 12.4. The number of thioether (sulfide) groups is 1. The number of imidazole rings is 1. The number of alkyl halides is 1. The maximum Gasteiger partial charge on any atom is 0.434 e. The third-order valence-corrected chi connectivity index (χ3v) is 6.71. The number of halogens is 1. The van der Waals surface area contributed by atoms with Gasteiger partial charge in [-0.15, -0.1) is 0 Å². The lowest BCUT2D eigenvalue weighted by molar-refractivity contribution is -0.396. The van der Waals surface area contributed by atoms with E-state index in [-0.39, 0.29) is 5.95 Å². The van der Waals surface area contributed by atoms with Crippen molar-refractivity contribution in [1.29, 1.82) is 0 Å². The molecule has 0 bridgehead atoms. The van der Waals surface area contributed by atoms with Gasteiger partial charge < -0.3 is 14.6 Å². The minimum Gasteiger partial charge on any atom is -0.390 e. The van der Waals surface area contributed by atoms with Crippen LogP contribution in [0.15, 0.2) is 6.20 Å². The molecule has 2 N–H and O–H groups in total. The van der Waals surface area contributed by atoms with Crippen molar-refractivity contribution in [3.8, 4) is 0 Å². The maximum atomic E-state index is 12.6. The zero-order valence-corrected chi connectivity index (χ0v) is 18.4. The smallest absolute Gasteiger partial charge is 0.390 e. The molecule has 1 aromatic heterocycles. The van der Waals surface area contributed by atoms with Crippen molar-refractivity contribution < 1.29 is 14.0 Å². The lowest BCUT2D eigenvalue weighted by Crippen LogP contribution is -2.26. The summed E-state index contributed by atoms with van der Waals surface area (Å²) in [6, 6.07) is 0. The number of rotatable bonds is 15. The van der Waals surface area contributed by atoms with Gasteiger partial charge in [-0.2, -0.15) is 11.8 Å². The van der Waals surface area contributed by atoms with Crippen LogP contribution in [-0.4, -0.2) is 45.3 Å². The number of nitrogens with one attached hydrogen (secondary N) is 2. The molecule has 0 radical (unpaired) electrons. The molecule has 1 atom stereocenters. The largest absolute Gasteiger partial charge is 0.434 e. The summed E-state index contributed by atoms with van der Waals surface area (Å²) in [5.41, 5.74) is 0.824. The second kappa shape index (κ2) is 12.9. The van der Waals surface area contributed by atoms with Crippen LogP contribution < -0.4 is 10.2 Å². The van der Waals surface area contributed by atoms with Gasteiger partial charge in [0.2, 0.25) is 0 Å². The van der Waals surface area contributed by atoms with Gasteiger partial charge in [-0.25, -0.2) is 14.7 Å². The topological polar surface area (TPSA) is 111 Å². The van der Waals surface area contributed by atoms with Crippen LogP contribution in [0.2, 0.25) is 0 Å². The Morgan fingerprint density at radius 1 is 1.42 bits per heavy atom. The van der Waals surface area contributed by atoms with Crippen LogP contribution in [-0.2, 0) is 21.9 Å². The van der Waals surface area contributed by atoms with E-state index >= 15 is 0 Å². The van der Waals surface area contributed by atoms with Crippen LogP contribution in [0.4, 0.5) is 5.95 Å². The highest BCUT2D eigenvalue weighted by Gasteiger charge is 2.21. The summed E-state index contributed by atoms with van der Waals surface area (Å²) < 4.78 is 19.6. The van der Waals surface area contributed by atoms with E-state index in [2.05, 4.69) is 31.1 Å². The van der Waals surface area contributed by atoms with Gasteiger partial charge in [0.15, 0.2) is 0 Å². The highest BCUT2D eigenvalue weighted by atomic mass is 79.9. The van der Waals surface area contributed by atoms with E-state index in [4.69, 9.17) is 4.52 Å². The molecule has 0 fully saturated rings. The number of hydrogen-bond acceptors (Lipinski definition) is 6. The van der Waals surface area contributed by atoms with Gasteiger partial charge in [0, 0.05) is 18.4 Å². The second-order valence-electron chi connectivity index (χ2n) is 5.52. The summed E-state index contributed by atoms with van der Waals surface area (Å²) >= 11 is 4.99. The van der Waals surface area contributed by atoms with Gasteiger partial charge in [0.1, 0.15) is 11.9 Å². The van der Waals surface area contributed by atoms with Gasteiger partial charge in [-0.3, -0.25) is 4.57 Å². The third-order valence-electron chi connectivity index (χ3n) is 3.41. The lowest BCUT2D eigenvalue weighted by atomic mass is 10.4. The molecule has 150 valence electrons. The lowest BCUT2D eigenvalue weighted by Gasteiger charge is -2.20. The molecule has 1 rings (SSSR count). The van der Waals surface area contributed by atoms with E-state index in [9.17, 15) is 14.7 Å². The summed E-state index contributed by atoms with van der Waals surface area (Å²) in [6.45, 7) is 3.64. The van der Waals surface area contributed by atoms with Crippen LogP contribution in [0.1, 0.15) is 31.9 Å². The molecule has 0 saturated heterocycles. The van der Waals surface area contributed by atoms with Crippen LogP contribution in [0.3, 0.4) is 0 Å². The first kappa shape index (κ1) is 23.6. The molecular formula is C14H27BrN5O4PS. The van der Waals surface area contributed by atoms with Crippen molar-refractivity contribution in [2.45, 2.75) is 31.9 Å². The van der Waals surface area contributed by atoms with Crippen molar-refractivity contribution in [3.05, 3.63) is 22.0 Å². The van der Waals surface area contributed by atoms with Crippen LogP contribution in [0, 0.1) is 10.1 Å². The summed E-state index contributed by atoms with van der Waals surface area (Å²) in [5.74, 6) is 1.42. The summed E-state index contributed by atoms with van der Waals surface area (Å²) in [7, 11) is -1.33. The number of aromatic nitrogens is 2. The minimum atomic E-state index is -2.98. The first-order valence-electron chi connectivity index (χ1n) is 8.47. The van der Waals surface area contributed by atoms with Crippen molar-refractivity contribution >= 4 is 41.3 Å². The molecule has 1 unspecified atom stereocenters. The van der Waals surface area contributed by atoms with E-state index in [0.29, 0.717) is 30.8 Å². The van der Waals surface area contributed by atoms with Crippen LogP contribution >= 0.6 is 35.4 Å². The van der Waals surface area contributed by atoms with Crippen molar-refractivity contribution in [2.75, 3.05) is 30.8 Å². The number of nitro groups is 1. The van der Waals surface area contributed by atoms with Crippen molar-refractivity contribution in [2.24, 2.45) is 7.05 Å². The Bertz CT molecular complexity index is 592. The molecule has 0 saturated carbocycles. The molecular weight excluding hydrogens is 445 g/mol. The van der Waals surface area contributed by atoms with Gasteiger partial charge in [-0.1, -0.05) is 27.8 Å². The van der Waals surface area contributed by atoms with E-state index < -0.39 is 12.6 Å². The zero-order chi connectivity index (χ0) is 19.4. The van der Waals surface area contributed by atoms with Gasteiger partial charge in [0.25, 0.3) is 0 Å². The van der Waals surface area contributed by atoms with Crippen molar-refractivity contribution in [1.82, 2.24) is 19.7 Å². The number of unbranched alkanes of at least 4 members (excludes halogenated alkanes) is 1. The molecule has 9 nitrogen and oxygen atoms in total. The average Bonchev–Trinajstić information content (AvgIpc) is 2.98. The Morgan fingerprint density at radius 2 is 2.15 bits per heavy atom.